The lowest BCUT2D eigenvalue weighted by Gasteiger charge is -2.14. The molecule has 27 heavy (non-hydrogen) atoms. The molecule has 0 aliphatic heterocycles. The number of hydrogen-bond acceptors (Lipinski definition) is 4. The van der Waals surface area contributed by atoms with Crippen molar-refractivity contribution in [3.8, 4) is 11.5 Å². The summed E-state index contributed by atoms with van der Waals surface area (Å²) >= 11 is 0. The monoisotopic (exact) mass is 370 g/mol. The first-order chi connectivity index (χ1) is 13.0. The minimum Gasteiger partial charge on any atom is -0.493 e. The molecule has 0 bridgehead atoms. The largest absolute Gasteiger partial charge is 0.493 e. The molecule has 0 aromatic heterocycles. The second-order valence-corrected chi connectivity index (χ2v) is 6.30. The van der Waals surface area contributed by atoms with Crippen LogP contribution < -0.4 is 20.1 Å². The van der Waals surface area contributed by atoms with Gasteiger partial charge in [0.15, 0.2) is 11.5 Å². The molecule has 0 heterocycles. The number of hydrogen-bond donors (Lipinski definition) is 2. The van der Waals surface area contributed by atoms with E-state index >= 15 is 0 Å². The Hall–Kier alpha value is -3.02. The highest BCUT2D eigenvalue weighted by molar-refractivity contribution is 5.95. The van der Waals surface area contributed by atoms with Crippen LogP contribution >= 0.6 is 0 Å². The van der Waals surface area contributed by atoms with Gasteiger partial charge in [-0.15, -0.1) is 0 Å². The fourth-order valence-corrected chi connectivity index (χ4v) is 2.44. The molecule has 0 saturated carbocycles. The molecule has 2 aromatic carbocycles. The number of ether oxygens (including phenoxy) is 2. The van der Waals surface area contributed by atoms with Gasteiger partial charge in [-0.3, -0.25) is 9.59 Å². The first kappa shape index (κ1) is 20.3. The van der Waals surface area contributed by atoms with Gasteiger partial charge in [-0.2, -0.15) is 0 Å². The average molecular weight is 370 g/mol. The SMILES string of the molecule is COc1cc(C(=O)NCCC(=O)NCc2ccccc2)ccc1OC(C)C. The lowest BCUT2D eigenvalue weighted by atomic mass is 10.2. The lowest BCUT2D eigenvalue weighted by Crippen LogP contribution is -2.30. The third-order valence-electron chi connectivity index (χ3n) is 3.76. The van der Waals surface area contributed by atoms with Crippen molar-refractivity contribution < 1.29 is 19.1 Å². The topological polar surface area (TPSA) is 76.7 Å². The van der Waals surface area contributed by atoms with Crippen LogP contribution in [0.3, 0.4) is 0 Å². The van der Waals surface area contributed by atoms with Crippen molar-refractivity contribution in [3.63, 3.8) is 0 Å². The highest BCUT2D eigenvalue weighted by Crippen LogP contribution is 2.28. The van der Waals surface area contributed by atoms with Gasteiger partial charge in [0, 0.05) is 25.1 Å². The van der Waals surface area contributed by atoms with Crippen LogP contribution in [0.1, 0.15) is 36.2 Å². The zero-order valence-corrected chi connectivity index (χ0v) is 16.0. The first-order valence-electron chi connectivity index (χ1n) is 8.93. The van der Waals surface area contributed by atoms with E-state index in [-0.39, 0.29) is 30.9 Å². The van der Waals surface area contributed by atoms with Gasteiger partial charge in [-0.1, -0.05) is 30.3 Å². The number of amides is 2. The fraction of sp³-hybridized carbons (Fsp3) is 0.333. The maximum atomic E-state index is 12.3. The summed E-state index contributed by atoms with van der Waals surface area (Å²) in [7, 11) is 1.53. The lowest BCUT2D eigenvalue weighted by molar-refractivity contribution is -0.121. The summed E-state index contributed by atoms with van der Waals surface area (Å²) in [6.45, 7) is 4.57. The summed E-state index contributed by atoms with van der Waals surface area (Å²) in [6.07, 6.45) is 0.220. The molecule has 2 N–H and O–H groups in total. The van der Waals surface area contributed by atoms with Crippen LogP contribution in [-0.2, 0) is 11.3 Å². The van der Waals surface area contributed by atoms with Gasteiger partial charge in [0.05, 0.1) is 13.2 Å². The summed E-state index contributed by atoms with van der Waals surface area (Å²) < 4.78 is 10.9. The fourth-order valence-electron chi connectivity index (χ4n) is 2.44. The van der Waals surface area contributed by atoms with Gasteiger partial charge in [-0.25, -0.2) is 0 Å². The zero-order chi connectivity index (χ0) is 19.6. The van der Waals surface area contributed by atoms with Crippen LogP contribution in [-0.4, -0.2) is 31.6 Å². The molecule has 0 aliphatic carbocycles. The van der Waals surface area contributed by atoms with Gasteiger partial charge < -0.3 is 20.1 Å². The third kappa shape index (κ3) is 6.66. The summed E-state index contributed by atoms with van der Waals surface area (Å²) in [4.78, 5) is 24.2. The Morgan fingerprint density at radius 2 is 1.74 bits per heavy atom. The molecule has 2 amide bonds. The van der Waals surface area contributed by atoms with Gasteiger partial charge >= 0.3 is 0 Å². The van der Waals surface area contributed by atoms with Crippen molar-refractivity contribution in [1.82, 2.24) is 10.6 Å². The van der Waals surface area contributed by atoms with E-state index < -0.39 is 0 Å². The molecule has 0 radical (unpaired) electrons. The van der Waals surface area contributed by atoms with E-state index in [9.17, 15) is 9.59 Å². The van der Waals surface area contributed by atoms with Gasteiger partial charge in [0.1, 0.15) is 0 Å². The van der Waals surface area contributed by atoms with Gasteiger partial charge in [-0.05, 0) is 37.6 Å². The van der Waals surface area contributed by atoms with Crippen molar-refractivity contribution in [1.29, 1.82) is 0 Å². The normalized spacial score (nSPS) is 10.4. The molecular formula is C21H26N2O4. The molecule has 0 fully saturated rings. The molecule has 2 rings (SSSR count). The minimum absolute atomic E-state index is 0.00738. The number of nitrogens with one attached hydrogen (secondary N) is 2. The molecule has 144 valence electrons. The molecule has 0 spiro atoms. The predicted octanol–water partition coefficient (Wildman–Crippen LogP) is 2.92. The van der Waals surface area contributed by atoms with E-state index in [2.05, 4.69) is 10.6 Å². The van der Waals surface area contributed by atoms with E-state index in [0.717, 1.165) is 5.56 Å². The molecule has 2 aromatic rings. The van der Waals surface area contributed by atoms with Crippen LogP contribution in [0.5, 0.6) is 11.5 Å². The van der Waals surface area contributed by atoms with Crippen LogP contribution in [0.4, 0.5) is 0 Å². The molecule has 0 atom stereocenters. The molecule has 0 saturated heterocycles. The van der Waals surface area contributed by atoms with E-state index in [1.54, 1.807) is 18.2 Å². The van der Waals surface area contributed by atoms with Crippen LogP contribution in [0.2, 0.25) is 0 Å². The van der Waals surface area contributed by atoms with Crippen molar-refractivity contribution in [3.05, 3.63) is 59.7 Å². The van der Waals surface area contributed by atoms with Crippen LogP contribution in [0.25, 0.3) is 0 Å². The third-order valence-corrected chi connectivity index (χ3v) is 3.76. The van der Waals surface area contributed by atoms with Gasteiger partial charge in [0.2, 0.25) is 5.91 Å². The number of carbonyl (C=O) groups excluding carboxylic acids is 2. The predicted molar refractivity (Wildman–Crippen MR) is 104 cm³/mol. The Bertz CT molecular complexity index is 760. The van der Waals surface area contributed by atoms with Crippen molar-refractivity contribution >= 4 is 11.8 Å². The summed E-state index contributed by atoms with van der Waals surface area (Å²) in [5.74, 6) is 0.707. The Labute approximate surface area is 159 Å². The molecular weight excluding hydrogens is 344 g/mol. The summed E-state index contributed by atoms with van der Waals surface area (Å²) in [5.41, 5.74) is 1.48. The number of carbonyl (C=O) groups is 2. The highest BCUT2D eigenvalue weighted by atomic mass is 16.5. The second-order valence-electron chi connectivity index (χ2n) is 6.30. The smallest absolute Gasteiger partial charge is 0.251 e. The first-order valence-corrected chi connectivity index (χ1v) is 8.93. The summed E-state index contributed by atoms with van der Waals surface area (Å²) in [5, 5.41) is 5.57. The summed E-state index contributed by atoms with van der Waals surface area (Å²) in [6, 6.07) is 14.7. The van der Waals surface area contributed by atoms with E-state index in [1.165, 1.54) is 7.11 Å². The minimum atomic E-state index is -0.264. The number of methoxy groups -OCH3 is 1. The van der Waals surface area contributed by atoms with E-state index in [0.29, 0.717) is 23.6 Å². The average Bonchev–Trinajstić information content (AvgIpc) is 2.67. The van der Waals surface area contributed by atoms with Gasteiger partial charge in [0.25, 0.3) is 5.91 Å². The molecule has 6 nitrogen and oxygen atoms in total. The maximum Gasteiger partial charge on any atom is 0.251 e. The van der Waals surface area contributed by atoms with Crippen molar-refractivity contribution in [2.45, 2.75) is 32.9 Å². The number of rotatable bonds is 9. The Kier molecular flexibility index (Phi) is 7.67. The highest BCUT2D eigenvalue weighted by Gasteiger charge is 2.12. The quantitative estimate of drug-likeness (QED) is 0.712. The van der Waals surface area contributed by atoms with E-state index in [1.807, 2.05) is 44.2 Å². The van der Waals surface area contributed by atoms with Crippen molar-refractivity contribution in [2.24, 2.45) is 0 Å². The molecule has 0 unspecified atom stereocenters. The van der Waals surface area contributed by atoms with Crippen LogP contribution in [0, 0.1) is 0 Å². The standard InChI is InChI=1S/C21H26N2O4/c1-15(2)27-18-10-9-17(13-19(18)26-3)21(25)22-12-11-20(24)23-14-16-7-5-4-6-8-16/h4-10,13,15H,11-12,14H2,1-3H3,(H,22,25)(H,23,24). The Balaban J connectivity index is 1.80. The Morgan fingerprint density at radius 1 is 1.00 bits per heavy atom. The van der Waals surface area contributed by atoms with Crippen molar-refractivity contribution in [2.75, 3.05) is 13.7 Å². The maximum absolute atomic E-state index is 12.3. The van der Waals surface area contributed by atoms with E-state index in [4.69, 9.17) is 9.47 Å². The Morgan fingerprint density at radius 3 is 2.41 bits per heavy atom. The molecule has 6 heteroatoms. The molecule has 0 aliphatic rings. The zero-order valence-electron chi connectivity index (χ0n) is 16.0. The second kappa shape index (κ2) is 10.2. The van der Waals surface area contributed by atoms with Crippen LogP contribution in [0.15, 0.2) is 48.5 Å². The number of benzene rings is 2.